The van der Waals surface area contributed by atoms with Crippen LogP contribution in [0.5, 0.6) is 0 Å². The quantitative estimate of drug-likeness (QED) is 0.496. The topological polar surface area (TPSA) is 153 Å². The molecule has 0 saturated carbocycles. The second-order valence-electron chi connectivity index (χ2n) is 2.38. The third kappa shape index (κ3) is 9.02. The fraction of sp³-hybridized carbons (Fsp3) is 0.250. The first-order valence-electron chi connectivity index (χ1n) is 3.49. The van der Waals surface area contributed by atoms with Crippen LogP contribution in [0.3, 0.4) is 0 Å². The van der Waals surface area contributed by atoms with E-state index in [0.29, 0.717) is 5.02 Å². The van der Waals surface area contributed by atoms with Crippen LogP contribution in [0.4, 0.5) is 0 Å². The van der Waals surface area contributed by atoms with Gasteiger partial charge in [0, 0.05) is 6.20 Å². The average molecular weight is 295 g/mol. The summed E-state index contributed by atoms with van der Waals surface area (Å²) >= 11 is 5.53. The molecule has 0 bridgehead atoms. The molecule has 0 aliphatic carbocycles. The van der Waals surface area contributed by atoms with E-state index in [1.54, 1.807) is 6.20 Å². The van der Waals surface area contributed by atoms with Crippen molar-refractivity contribution in [3.8, 4) is 0 Å². The molecule has 5 N–H and O–H groups in total. The van der Waals surface area contributed by atoms with Crippen molar-refractivity contribution in [2.75, 3.05) is 0 Å². The molecule has 0 radical (unpaired) electrons. The van der Waals surface area contributed by atoms with Gasteiger partial charge in [0.25, 0.3) is 0 Å². The van der Waals surface area contributed by atoms with Crippen LogP contribution >= 0.6 is 27.2 Å². The number of hydrogen-bond donors (Lipinski definition) is 5. The number of nitrogens with zero attached hydrogens (tertiary/aromatic N) is 1. The van der Waals surface area contributed by atoms with Gasteiger partial charge in [-0.2, -0.15) is 9.41 Å². The molecule has 1 aromatic heterocycles. The summed E-state index contributed by atoms with van der Waals surface area (Å²) in [5, 5.41) is 7.07. The molecule has 9 nitrogen and oxygen atoms in total. The monoisotopic (exact) mass is 294 g/mol. The van der Waals surface area contributed by atoms with Gasteiger partial charge in [0.15, 0.2) is 0 Å². The van der Waals surface area contributed by atoms with Crippen LogP contribution in [0.25, 0.3) is 0 Å². The zero-order chi connectivity index (χ0) is 13.0. The first-order chi connectivity index (χ1) is 7.01. The number of rotatable bonds is 2. The van der Waals surface area contributed by atoms with Crippen LogP contribution < -0.4 is 0 Å². The van der Waals surface area contributed by atoms with E-state index in [4.69, 9.17) is 31.2 Å². The second kappa shape index (κ2) is 5.90. The van der Waals surface area contributed by atoms with Gasteiger partial charge in [0.2, 0.25) is 0 Å². The van der Waals surface area contributed by atoms with E-state index in [1.807, 2.05) is 6.92 Å². The molecule has 0 spiro atoms. The number of halogens is 1. The lowest BCUT2D eigenvalue weighted by molar-refractivity contribution is 0.225. The molecule has 0 atom stereocenters. The highest BCUT2D eigenvalue weighted by Gasteiger charge is 2.27. The highest BCUT2D eigenvalue weighted by atomic mass is 35.5. The minimum Gasteiger partial charge on any atom is -0.302 e. The van der Waals surface area contributed by atoms with E-state index in [-0.39, 0.29) is 0 Å². The van der Waals surface area contributed by atoms with Crippen molar-refractivity contribution in [1.82, 2.24) is 10.2 Å². The van der Waals surface area contributed by atoms with E-state index in [1.165, 1.54) is 0 Å². The van der Waals surface area contributed by atoms with Crippen LogP contribution in [-0.2, 0) is 13.4 Å². The minimum absolute atomic E-state index is 0.694. The Balaban J connectivity index is 0.000000288. The van der Waals surface area contributed by atoms with E-state index < -0.39 is 15.6 Å². The maximum absolute atomic E-state index is 9.63. The number of hydrogen-bond acceptors (Lipinski definition) is 4. The summed E-state index contributed by atoms with van der Waals surface area (Å²) in [4.78, 5) is 31.0. The van der Waals surface area contributed by atoms with E-state index in [0.717, 1.165) is 5.69 Å². The molecule has 0 aliphatic heterocycles. The fourth-order valence-corrected chi connectivity index (χ4v) is 1.68. The third-order valence-corrected chi connectivity index (χ3v) is 3.07. The van der Waals surface area contributed by atoms with Crippen molar-refractivity contribution in [2.24, 2.45) is 0 Å². The summed E-state index contributed by atoms with van der Waals surface area (Å²) in [7, 11) is -10.1. The third-order valence-electron chi connectivity index (χ3n) is 0.982. The Labute approximate surface area is 94.9 Å². The van der Waals surface area contributed by atoms with Gasteiger partial charge in [-0.15, -0.1) is 0 Å². The van der Waals surface area contributed by atoms with Gasteiger partial charge in [0.1, 0.15) is 0 Å². The zero-order valence-electron chi connectivity index (χ0n) is 7.81. The Bertz CT molecular complexity index is 385. The van der Waals surface area contributed by atoms with E-state index in [2.05, 4.69) is 14.5 Å². The van der Waals surface area contributed by atoms with Crippen LogP contribution in [-0.4, -0.2) is 29.8 Å². The van der Waals surface area contributed by atoms with Crippen molar-refractivity contribution in [3.05, 3.63) is 16.9 Å². The number of nitrogens with one attached hydrogen (secondary N) is 1. The molecule has 1 rings (SSSR count). The Hall–Kier alpha value is -0.240. The van der Waals surface area contributed by atoms with Crippen molar-refractivity contribution >= 4 is 27.2 Å². The molecular formula is C4H9ClN2O7P2. The van der Waals surface area contributed by atoms with Gasteiger partial charge >= 0.3 is 15.6 Å². The molecule has 0 fully saturated rings. The molecule has 0 amide bonds. The van der Waals surface area contributed by atoms with Gasteiger partial charge in [0.05, 0.1) is 10.7 Å². The van der Waals surface area contributed by atoms with Crippen molar-refractivity contribution < 1.29 is 33.0 Å². The average Bonchev–Trinajstić information content (AvgIpc) is 2.29. The Kier molecular flexibility index (Phi) is 5.81. The van der Waals surface area contributed by atoms with Crippen molar-refractivity contribution in [3.63, 3.8) is 0 Å². The Morgan fingerprint density at radius 3 is 1.81 bits per heavy atom. The maximum atomic E-state index is 9.63. The fourth-order valence-electron chi connectivity index (χ4n) is 0.482. The number of aryl methyl sites for hydroxylation is 1. The largest absolute Gasteiger partial charge is 0.478 e. The van der Waals surface area contributed by atoms with Crippen LogP contribution in [0.2, 0.25) is 5.02 Å². The van der Waals surface area contributed by atoms with Crippen molar-refractivity contribution in [1.29, 1.82) is 0 Å². The Morgan fingerprint density at radius 2 is 1.75 bits per heavy atom. The summed E-state index contributed by atoms with van der Waals surface area (Å²) in [5.74, 6) is 0. The van der Waals surface area contributed by atoms with Gasteiger partial charge < -0.3 is 19.6 Å². The molecule has 94 valence electrons. The first-order valence-corrected chi connectivity index (χ1v) is 6.93. The SMILES string of the molecule is Cc1n[nH]cc1Cl.O=P(O)(O)OP(=O)(O)O. The second-order valence-corrected chi connectivity index (χ2v) is 5.40. The highest BCUT2D eigenvalue weighted by Crippen LogP contribution is 2.53. The first kappa shape index (κ1) is 15.8. The standard InChI is InChI=1S/C4H5ClN2.H4O7P2/c1-3-4(5)2-6-7-3;1-8(2,3)7-9(4,5)6/h2H,1H3,(H,6,7);(H2,1,2,3)(H2,4,5,6). The van der Waals surface area contributed by atoms with Crippen LogP contribution in [0, 0.1) is 6.92 Å². The predicted molar refractivity (Wildman–Crippen MR) is 53.5 cm³/mol. The van der Waals surface area contributed by atoms with E-state index >= 15 is 0 Å². The minimum atomic E-state index is -5.05. The number of aromatic nitrogens is 2. The Morgan fingerprint density at radius 1 is 1.31 bits per heavy atom. The zero-order valence-corrected chi connectivity index (χ0v) is 10.4. The molecule has 16 heavy (non-hydrogen) atoms. The van der Waals surface area contributed by atoms with Gasteiger partial charge in [-0.1, -0.05) is 11.6 Å². The summed E-state index contributed by atoms with van der Waals surface area (Å²) in [5.41, 5.74) is 0.849. The van der Waals surface area contributed by atoms with Crippen molar-refractivity contribution in [2.45, 2.75) is 6.92 Å². The molecule has 0 unspecified atom stereocenters. The molecule has 1 heterocycles. The summed E-state index contributed by atoms with van der Waals surface area (Å²) < 4.78 is 22.2. The molecule has 0 saturated heterocycles. The lowest BCUT2D eigenvalue weighted by Gasteiger charge is -2.03. The molecule has 0 aromatic carbocycles. The maximum Gasteiger partial charge on any atom is 0.478 e. The van der Waals surface area contributed by atoms with E-state index in [9.17, 15) is 9.13 Å². The van der Waals surface area contributed by atoms with Crippen LogP contribution in [0.15, 0.2) is 6.20 Å². The lowest BCUT2D eigenvalue weighted by Crippen LogP contribution is -1.84. The lowest BCUT2D eigenvalue weighted by atomic mass is 10.5. The van der Waals surface area contributed by atoms with Gasteiger partial charge in [-0.3, -0.25) is 5.10 Å². The summed E-state index contributed by atoms with van der Waals surface area (Å²) in [6.45, 7) is 1.85. The normalized spacial score (nSPS) is 11.9. The van der Waals surface area contributed by atoms with Gasteiger partial charge in [-0.05, 0) is 6.92 Å². The summed E-state index contributed by atoms with van der Waals surface area (Å²) in [6, 6.07) is 0. The molecular weight excluding hydrogens is 285 g/mol. The smallest absolute Gasteiger partial charge is 0.302 e. The van der Waals surface area contributed by atoms with Crippen LogP contribution in [0.1, 0.15) is 5.69 Å². The number of H-pyrrole nitrogens is 1. The predicted octanol–water partition coefficient (Wildman–Crippen LogP) is 0.560. The molecule has 12 heteroatoms. The molecule has 1 aromatic rings. The molecule has 0 aliphatic rings. The number of aromatic amines is 1. The summed E-state index contributed by atoms with van der Waals surface area (Å²) in [6.07, 6.45) is 1.65. The van der Waals surface area contributed by atoms with Gasteiger partial charge in [-0.25, -0.2) is 9.13 Å². The number of phosphoric acid groups is 2. The highest BCUT2D eigenvalue weighted by molar-refractivity contribution is 7.60.